The third kappa shape index (κ3) is 3.32. The Morgan fingerprint density at radius 1 is 1.32 bits per heavy atom. The molecule has 2 rings (SSSR count). The number of rotatable bonds is 5. The number of nitrogens with one attached hydrogen (secondary N) is 1. The topological polar surface area (TPSA) is 81.0 Å². The van der Waals surface area contributed by atoms with Gasteiger partial charge >= 0.3 is 0 Å². The van der Waals surface area contributed by atoms with Gasteiger partial charge in [0.15, 0.2) is 0 Å². The predicted octanol–water partition coefficient (Wildman–Crippen LogP) is 2.24. The molecule has 0 saturated carbocycles. The Kier molecular flexibility index (Phi) is 4.15. The largest absolute Gasteiger partial charge is 0.304 e. The van der Waals surface area contributed by atoms with Crippen LogP contribution in [0.4, 0.5) is 5.69 Å². The smallest absolute Gasteiger partial charge is 0.274 e. The minimum absolute atomic E-state index is 0.127. The van der Waals surface area contributed by atoms with E-state index in [1.807, 2.05) is 13.0 Å². The number of nitrogens with zero attached hydrogens (tertiary/aromatic N) is 3. The van der Waals surface area contributed by atoms with E-state index in [-0.39, 0.29) is 16.7 Å². The predicted molar refractivity (Wildman–Crippen MR) is 70.4 cm³/mol. The highest BCUT2D eigenvalue weighted by atomic mass is 16.6. The van der Waals surface area contributed by atoms with Gasteiger partial charge in [-0.25, -0.2) is 0 Å². The highest BCUT2D eigenvalue weighted by molar-refractivity contribution is 5.41. The lowest BCUT2D eigenvalue weighted by Gasteiger charge is -2.13. The average molecular weight is 258 g/mol. The number of nitro groups is 1. The summed E-state index contributed by atoms with van der Waals surface area (Å²) < 4.78 is 0. The molecule has 1 heterocycles. The summed E-state index contributed by atoms with van der Waals surface area (Å²) in [4.78, 5) is 10.6. The van der Waals surface area contributed by atoms with Crippen molar-refractivity contribution in [3.8, 4) is 0 Å². The van der Waals surface area contributed by atoms with E-state index in [1.54, 1.807) is 30.5 Å². The molecule has 0 saturated heterocycles. The summed E-state index contributed by atoms with van der Waals surface area (Å²) in [6.45, 7) is 2.40. The Balaban J connectivity index is 2.08. The van der Waals surface area contributed by atoms with Gasteiger partial charge in [0, 0.05) is 30.4 Å². The number of hydrogen-bond acceptors (Lipinski definition) is 5. The third-order valence-electron chi connectivity index (χ3n) is 2.82. The first-order valence-electron chi connectivity index (χ1n) is 5.92. The van der Waals surface area contributed by atoms with Gasteiger partial charge in [0.05, 0.1) is 10.6 Å². The number of para-hydroxylation sites is 1. The van der Waals surface area contributed by atoms with Crippen molar-refractivity contribution in [3.63, 3.8) is 0 Å². The lowest BCUT2D eigenvalue weighted by Crippen LogP contribution is -2.19. The maximum atomic E-state index is 11.0. The molecule has 0 amide bonds. The van der Waals surface area contributed by atoms with E-state index in [9.17, 15) is 10.1 Å². The molecule has 1 atom stereocenters. The van der Waals surface area contributed by atoms with Crippen molar-refractivity contribution >= 4 is 5.69 Å². The Labute approximate surface area is 110 Å². The molecule has 0 bridgehead atoms. The number of benzene rings is 1. The fourth-order valence-corrected chi connectivity index (χ4v) is 1.82. The molecule has 0 radical (unpaired) electrons. The molecule has 1 aromatic heterocycles. The summed E-state index contributed by atoms with van der Waals surface area (Å²) in [7, 11) is 0. The van der Waals surface area contributed by atoms with E-state index < -0.39 is 0 Å². The second kappa shape index (κ2) is 6.01. The normalized spacial score (nSPS) is 12.1. The second-order valence-corrected chi connectivity index (χ2v) is 4.13. The van der Waals surface area contributed by atoms with Crippen LogP contribution in [0.1, 0.15) is 24.2 Å². The lowest BCUT2D eigenvalue weighted by molar-refractivity contribution is -0.385. The van der Waals surface area contributed by atoms with Gasteiger partial charge in [-0.1, -0.05) is 18.2 Å². The lowest BCUT2D eigenvalue weighted by atomic mass is 10.1. The highest BCUT2D eigenvalue weighted by Gasteiger charge is 2.17. The highest BCUT2D eigenvalue weighted by Crippen LogP contribution is 2.24. The van der Waals surface area contributed by atoms with Crippen LogP contribution >= 0.6 is 0 Å². The van der Waals surface area contributed by atoms with Crippen LogP contribution in [0.15, 0.2) is 42.6 Å². The Morgan fingerprint density at radius 3 is 2.79 bits per heavy atom. The Morgan fingerprint density at radius 2 is 2.11 bits per heavy atom. The van der Waals surface area contributed by atoms with Gasteiger partial charge in [-0.3, -0.25) is 10.1 Å². The van der Waals surface area contributed by atoms with Gasteiger partial charge in [-0.2, -0.15) is 10.2 Å². The fraction of sp³-hybridized carbons (Fsp3) is 0.231. The summed E-state index contributed by atoms with van der Waals surface area (Å²) >= 11 is 0. The zero-order valence-corrected chi connectivity index (χ0v) is 10.5. The van der Waals surface area contributed by atoms with Crippen molar-refractivity contribution < 1.29 is 4.92 Å². The molecule has 0 spiro atoms. The molecule has 6 nitrogen and oxygen atoms in total. The van der Waals surface area contributed by atoms with Crippen LogP contribution in [0, 0.1) is 10.1 Å². The molecule has 2 aromatic rings. The molecule has 19 heavy (non-hydrogen) atoms. The molecule has 6 heteroatoms. The zero-order valence-electron chi connectivity index (χ0n) is 10.5. The van der Waals surface area contributed by atoms with Crippen LogP contribution in [0.25, 0.3) is 0 Å². The van der Waals surface area contributed by atoms with E-state index in [0.29, 0.717) is 12.1 Å². The summed E-state index contributed by atoms with van der Waals surface area (Å²) in [5, 5.41) is 21.9. The molecular weight excluding hydrogens is 244 g/mol. The molecule has 0 aliphatic heterocycles. The van der Waals surface area contributed by atoms with E-state index in [2.05, 4.69) is 15.5 Å². The fourth-order valence-electron chi connectivity index (χ4n) is 1.82. The van der Waals surface area contributed by atoms with Crippen molar-refractivity contribution in [1.82, 2.24) is 15.5 Å². The average Bonchev–Trinajstić information content (AvgIpc) is 2.46. The molecule has 0 aliphatic carbocycles. The monoisotopic (exact) mass is 258 g/mol. The van der Waals surface area contributed by atoms with Crippen molar-refractivity contribution in [2.45, 2.75) is 19.5 Å². The summed E-state index contributed by atoms with van der Waals surface area (Å²) in [6.07, 6.45) is 1.61. The van der Waals surface area contributed by atoms with Crippen LogP contribution < -0.4 is 5.32 Å². The minimum Gasteiger partial charge on any atom is -0.304 e. The second-order valence-electron chi connectivity index (χ2n) is 4.13. The van der Waals surface area contributed by atoms with E-state index in [1.165, 1.54) is 6.07 Å². The van der Waals surface area contributed by atoms with Gasteiger partial charge in [-0.05, 0) is 19.1 Å². The van der Waals surface area contributed by atoms with Crippen molar-refractivity contribution in [3.05, 3.63) is 64.0 Å². The first kappa shape index (κ1) is 13.1. The quantitative estimate of drug-likeness (QED) is 0.657. The van der Waals surface area contributed by atoms with Crippen LogP contribution in [-0.4, -0.2) is 15.1 Å². The molecule has 1 aromatic carbocycles. The third-order valence-corrected chi connectivity index (χ3v) is 2.82. The molecule has 1 N–H and O–H groups in total. The number of aromatic nitrogens is 2. The van der Waals surface area contributed by atoms with Crippen molar-refractivity contribution in [1.29, 1.82) is 0 Å². The van der Waals surface area contributed by atoms with Crippen LogP contribution in [0.2, 0.25) is 0 Å². The van der Waals surface area contributed by atoms with E-state index in [4.69, 9.17) is 0 Å². The molecule has 0 fully saturated rings. The summed E-state index contributed by atoms with van der Waals surface area (Å²) in [5.74, 6) is 0. The Bertz CT molecular complexity index is 560. The van der Waals surface area contributed by atoms with Gasteiger partial charge in [0.25, 0.3) is 5.69 Å². The molecule has 0 aliphatic rings. The SMILES string of the molecule is CC(NCc1cccnn1)c1ccccc1[N+](=O)[O-]. The van der Waals surface area contributed by atoms with Crippen LogP contribution in [0.3, 0.4) is 0 Å². The molecule has 1 unspecified atom stereocenters. The number of nitro benzene ring substituents is 1. The van der Waals surface area contributed by atoms with Gasteiger partial charge < -0.3 is 5.32 Å². The van der Waals surface area contributed by atoms with Gasteiger partial charge in [0.2, 0.25) is 0 Å². The van der Waals surface area contributed by atoms with Crippen LogP contribution in [-0.2, 0) is 6.54 Å². The van der Waals surface area contributed by atoms with E-state index in [0.717, 1.165) is 5.69 Å². The van der Waals surface area contributed by atoms with Crippen molar-refractivity contribution in [2.24, 2.45) is 0 Å². The first-order chi connectivity index (χ1) is 9.18. The van der Waals surface area contributed by atoms with Crippen molar-refractivity contribution in [2.75, 3.05) is 0 Å². The standard InChI is InChI=1S/C13H14N4O2/c1-10(14-9-11-5-4-8-15-16-11)12-6-2-3-7-13(12)17(18)19/h2-8,10,14H,9H2,1H3. The van der Waals surface area contributed by atoms with Gasteiger partial charge in [-0.15, -0.1) is 0 Å². The minimum atomic E-state index is -0.365. The maximum absolute atomic E-state index is 11.0. The summed E-state index contributed by atoms with van der Waals surface area (Å²) in [6, 6.07) is 10.2. The number of hydrogen-bond donors (Lipinski definition) is 1. The van der Waals surface area contributed by atoms with E-state index >= 15 is 0 Å². The zero-order chi connectivity index (χ0) is 13.7. The molecular formula is C13H14N4O2. The van der Waals surface area contributed by atoms with Crippen LogP contribution in [0.5, 0.6) is 0 Å². The van der Waals surface area contributed by atoms with Gasteiger partial charge in [0.1, 0.15) is 0 Å². The first-order valence-corrected chi connectivity index (χ1v) is 5.92. The molecule has 98 valence electrons. The summed E-state index contributed by atoms with van der Waals surface area (Å²) in [5.41, 5.74) is 1.59. The Hall–Kier alpha value is -2.34. The maximum Gasteiger partial charge on any atom is 0.274 e.